The van der Waals surface area contributed by atoms with Gasteiger partial charge in [0, 0.05) is 5.92 Å². The molecule has 0 saturated heterocycles. The van der Waals surface area contributed by atoms with Crippen molar-refractivity contribution in [1.29, 1.82) is 0 Å². The number of ketones is 1. The van der Waals surface area contributed by atoms with Gasteiger partial charge in [0.25, 0.3) is 0 Å². The molecule has 2 heterocycles. The Labute approximate surface area is 239 Å². The third-order valence-electron chi connectivity index (χ3n) is 7.04. The van der Waals surface area contributed by atoms with Gasteiger partial charge in [-0.15, -0.1) is 6.10 Å². The van der Waals surface area contributed by atoms with Crippen molar-refractivity contribution >= 4 is 29.3 Å². The minimum Gasteiger partial charge on any atom is -0.851 e. The van der Waals surface area contributed by atoms with Crippen molar-refractivity contribution in [3.63, 3.8) is 0 Å². The smallest absolute Gasteiger partial charge is 0.125 e. The minimum absolute atomic E-state index is 0.0616. The topological polar surface area (TPSA) is 63.2 Å². The van der Waals surface area contributed by atoms with Crippen LogP contribution in [0.5, 0.6) is 0 Å². The summed E-state index contributed by atoms with van der Waals surface area (Å²) in [7, 11) is 0. The molecule has 0 aromatic carbocycles. The molecule has 4 atom stereocenters. The molecule has 0 amide bonds. The third-order valence-corrected chi connectivity index (χ3v) is 10.8. The molecule has 0 bridgehead atoms. The van der Waals surface area contributed by atoms with Crippen LogP contribution in [0.1, 0.15) is 83.1 Å². The summed E-state index contributed by atoms with van der Waals surface area (Å²) in [6.45, 7) is 26.0. The highest BCUT2D eigenvalue weighted by molar-refractivity contribution is 8.07. The molecule has 38 heavy (non-hydrogen) atoms. The molecule has 210 valence electrons. The lowest BCUT2D eigenvalue weighted by Gasteiger charge is -2.34. The monoisotopic (exact) mass is 554 g/mol. The van der Waals surface area contributed by atoms with Crippen LogP contribution in [0.25, 0.3) is 0 Å². The first-order chi connectivity index (χ1) is 17.1. The van der Waals surface area contributed by atoms with Crippen molar-refractivity contribution in [1.82, 2.24) is 0 Å². The lowest BCUT2D eigenvalue weighted by Crippen LogP contribution is -2.40. The molecule has 0 N–H and O–H groups in total. The first-order valence-corrected chi connectivity index (χ1v) is 15.3. The average molecular weight is 555 g/mol. The van der Waals surface area contributed by atoms with Gasteiger partial charge in [-0.1, -0.05) is 125 Å². The molecule has 1 aliphatic carbocycles. The maximum absolute atomic E-state index is 13.7. The normalized spacial score (nSPS) is 27.6. The summed E-state index contributed by atoms with van der Waals surface area (Å²) in [5.41, 5.74) is 1.47. The van der Waals surface area contributed by atoms with E-state index < -0.39 is 29.8 Å². The van der Waals surface area contributed by atoms with Gasteiger partial charge in [0.15, 0.2) is 0 Å². The first-order valence-electron chi connectivity index (χ1n) is 13.6. The zero-order chi connectivity index (χ0) is 29.0. The number of thioether (sulfide) groups is 2. The molecule has 5 heteroatoms. The van der Waals surface area contributed by atoms with Crippen molar-refractivity contribution in [3.8, 4) is 0 Å². The van der Waals surface area contributed by atoms with Crippen LogP contribution in [0, 0.1) is 33.5 Å². The molecule has 0 aromatic rings. The van der Waals surface area contributed by atoms with E-state index in [9.17, 15) is 15.0 Å². The summed E-state index contributed by atoms with van der Waals surface area (Å²) < 4.78 is 0. The van der Waals surface area contributed by atoms with E-state index in [4.69, 9.17) is 0 Å². The Morgan fingerprint density at radius 1 is 0.605 bits per heavy atom. The molecular formula is C33H46O3S2-2. The number of allylic oxidation sites excluding steroid dienone is 10. The van der Waals surface area contributed by atoms with Crippen LogP contribution in [0.3, 0.4) is 0 Å². The number of Topliss-reactive ketones (excluding diaryl/α,β-unsaturated/α-hetero) is 1. The Balaban J connectivity index is 2.03. The highest BCUT2D eigenvalue weighted by atomic mass is 32.2. The Morgan fingerprint density at radius 2 is 0.921 bits per heavy atom. The fraction of sp³-hybridized carbons (Fsp3) is 0.606. The average Bonchev–Trinajstić information content (AvgIpc) is 2.94. The highest BCUT2D eigenvalue weighted by Crippen LogP contribution is 2.50. The van der Waals surface area contributed by atoms with Gasteiger partial charge in [0.2, 0.25) is 0 Å². The zero-order valence-electron chi connectivity index (χ0n) is 25.3. The molecule has 2 aliphatic heterocycles. The van der Waals surface area contributed by atoms with Crippen molar-refractivity contribution in [2.24, 2.45) is 33.5 Å². The zero-order valence-corrected chi connectivity index (χ0v) is 26.9. The number of rotatable bonds is 2. The second-order valence-electron chi connectivity index (χ2n) is 15.0. The lowest BCUT2D eigenvalue weighted by molar-refractivity contribution is -0.458. The van der Waals surface area contributed by atoms with Gasteiger partial charge < -0.3 is 15.0 Å². The van der Waals surface area contributed by atoms with Gasteiger partial charge in [0.05, 0.1) is 0 Å². The molecule has 3 aliphatic rings. The summed E-state index contributed by atoms with van der Waals surface area (Å²) in [4.78, 5) is 18.0. The Bertz CT molecular complexity index is 1080. The SMILES string of the molecule is CC(C)(C)C1=CC(=CC2C(=O)C([O-])C(C=C3C=C(C(C)(C)C)SC(C(C)(C)C)=C3)C2[O-])C=C(C(C)(C)C)S1. The summed E-state index contributed by atoms with van der Waals surface area (Å²) in [5.74, 6) is -2.30. The third kappa shape index (κ3) is 7.08. The molecule has 1 saturated carbocycles. The van der Waals surface area contributed by atoms with Gasteiger partial charge >= 0.3 is 0 Å². The Morgan fingerprint density at radius 3 is 1.24 bits per heavy atom. The van der Waals surface area contributed by atoms with Crippen LogP contribution in [-0.2, 0) is 4.79 Å². The maximum atomic E-state index is 13.7. The number of hydrogen-bond acceptors (Lipinski definition) is 5. The number of hydrogen-bond donors (Lipinski definition) is 0. The van der Waals surface area contributed by atoms with Crippen molar-refractivity contribution in [2.75, 3.05) is 0 Å². The van der Waals surface area contributed by atoms with Gasteiger partial charge in [-0.3, -0.25) is 0 Å². The molecule has 0 aromatic heterocycles. The predicted molar refractivity (Wildman–Crippen MR) is 161 cm³/mol. The first kappa shape index (κ1) is 31.3. The highest BCUT2D eigenvalue weighted by Gasteiger charge is 2.37. The second-order valence-corrected chi connectivity index (χ2v) is 17.1. The Kier molecular flexibility index (Phi) is 8.73. The predicted octanol–water partition coefficient (Wildman–Crippen LogP) is 7.33. The molecular weight excluding hydrogens is 508 g/mol. The van der Waals surface area contributed by atoms with Crippen LogP contribution < -0.4 is 10.2 Å². The maximum Gasteiger partial charge on any atom is 0.125 e. The molecule has 3 nitrogen and oxygen atoms in total. The van der Waals surface area contributed by atoms with E-state index in [2.05, 4.69) is 107 Å². The van der Waals surface area contributed by atoms with E-state index in [0.717, 1.165) is 11.1 Å². The molecule has 0 spiro atoms. The summed E-state index contributed by atoms with van der Waals surface area (Å²) in [6, 6.07) is 0. The number of carbonyl (C=O) groups is 1. The van der Waals surface area contributed by atoms with Crippen LogP contribution in [0.4, 0.5) is 0 Å². The van der Waals surface area contributed by atoms with Gasteiger partial charge in [-0.25, -0.2) is 0 Å². The van der Waals surface area contributed by atoms with E-state index in [1.54, 1.807) is 35.7 Å². The van der Waals surface area contributed by atoms with E-state index in [1.165, 1.54) is 19.6 Å². The largest absolute Gasteiger partial charge is 0.851 e. The molecule has 1 fully saturated rings. The van der Waals surface area contributed by atoms with Gasteiger partial charge in [-0.05, 0) is 82.6 Å². The summed E-state index contributed by atoms with van der Waals surface area (Å²) >= 11 is 3.54. The summed E-state index contributed by atoms with van der Waals surface area (Å²) in [5, 5.41) is 26.9. The Hall–Kier alpha value is -1.27. The number of carbonyl (C=O) groups excluding carboxylic acids is 1. The van der Waals surface area contributed by atoms with Gasteiger partial charge in [-0.2, -0.15) is 0 Å². The molecule has 4 unspecified atom stereocenters. The molecule has 3 rings (SSSR count). The summed E-state index contributed by atoms with van der Waals surface area (Å²) in [6.07, 6.45) is 9.05. The van der Waals surface area contributed by atoms with Crippen LogP contribution in [0.2, 0.25) is 0 Å². The van der Waals surface area contributed by atoms with E-state index in [-0.39, 0.29) is 21.7 Å². The minimum atomic E-state index is -1.55. The van der Waals surface area contributed by atoms with E-state index >= 15 is 0 Å². The standard InChI is InChI=1S/C33H46O3S2/c1-30(2,3)23-15-19(16-24(37-23)31(4,5)6)13-21-27(34)22(29(36)28(21)35)14-20-17-25(32(7,8)9)38-26(18-20)33(10,11)12/h13-18,21-22,27-28H,1-12H3/q-2. The van der Waals surface area contributed by atoms with Crippen LogP contribution >= 0.6 is 23.5 Å². The quantitative estimate of drug-likeness (QED) is 0.358. The van der Waals surface area contributed by atoms with Gasteiger partial charge in [0.1, 0.15) is 5.78 Å². The van der Waals surface area contributed by atoms with E-state index in [0.29, 0.717) is 0 Å². The fourth-order valence-electron chi connectivity index (χ4n) is 4.46. The van der Waals surface area contributed by atoms with E-state index in [1.807, 2.05) is 0 Å². The fourth-order valence-corrected chi connectivity index (χ4v) is 6.93. The molecule has 0 radical (unpaired) electrons. The lowest BCUT2D eigenvalue weighted by atomic mass is 9.89. The van der Waals surface area contributed by atoms with Crippen LogP contribution in [0.15, 0.2) is 67.2 Å². The second kappa shape index (κ2) is 10.6. The van der Waals surface area contributed by atoms with Crippen molar-refractivity contribution in [3.05, 3.63) is 67.2 Å². The van der Waals surface area contributed by atoms with Crippen molar-refractivity contribution in [2.45, 2.75) is 95.3 Å². The van der Waals surface area contributed by atoms with Crippen LogP contribution in [-0.4, -0.2) is 18.0 Å². The van der Waals surface area contributed by atoms with Crippen molar-refractivity contribution < 1.29 is 15.0 Å².